The molecule has 0 spiro atoms. The number of amides is 3. The number of non-ortho nitro benzene ring substituents is 1. The number of thioether (sulfide) groups is 1. The van der Waals surface area contributed by atoms with Crippen molar-refractivity contribution in [2.24, 2.45) is 0 Å². The summed E-state index contributed by atoms with van der Waals surface area (Å²) in [5, 5.41) is 24.5. The molecule has 26 heavy (non-hydrogen) atoms. The van der Waals surface area contributed by atoms with E-state index in [-0.39, 0.29) is 46.9 Å². The van der Waals surface area contributed by atoms with Gasteiger partial charge in [-0.25, -0.2) is 0 Å². The summed E-state index contributed by atoms with van der Waals surface area (Å²) < 4.78 is 0. The third-order valence-corrected chi connectivity index (χ3v) is 4.11. The Hall–Kier alpha value is -3.39. The second-order valence-corrected chi connectivity index (χ2v) is 5.91. The first kappa shape index (κ1) is 18.9. The predicted octanol–water partition coefficient (Wildman–Crippen LogP) is 1.23. The maximum Gasteiger partial charge on any atom is 0.288 e. The number of hydrogen-bond donors (Lipinski definition) is 2. The lowest BCUT2D eigenvalue weighted by Crippen LogP contribution is -2.34. The van der Waals surface area contributed by atoms with E-state index in [4.69, 9.17) is 5.26 Å². The standard InChI is InChI=1S/C15H13N5O5S/c16-7-10(8-17-4-5-19-13(21)9-26-15(19)23)14(22)18-11-2-1-3-12(6-11)20(24)25/h1-3,6,8,17H,4-5,9H2,(H,18,22)/b10-8-. The maximum absolute atomic E-state index is 12.0. The molecule has 1 fully saturated rings. The smallest absolute Gasteiger partial charge is 0.288 e. The predicted molar refractivity (Wildman–Crippen MR) is 93.0 cm³/mol. The minimum absolute atomic E-state index is 0.115. The molecule has 1 saturated heterocycles. The number of rotatable bonds is 7. The molecule has 0 unspecified atom stereocenters. The fraction of sp³-hybridized carbons (Fsp3) is 0.200. The van der Waals surface area contributed by atoms with Gasteiger partial charge in [0.1, 0.15) is 11.6 Å². The highest BCUT2D eigenvalue weighted by Gasteiger charge is 2.28. The average molecular weight is 375 g/mol. The molecule has 1 heterocycles. The quantitative estimate of drug-likeness (QED) is 0.238. The van der Waals surface area contributed by atoms with Crippen LogP contribution in [0, 0.1) is 21.4 Å². The SMILES string of the molecule is N#C/C(=C/NCCN1C(=O)CSC1=O)C(=O)Nc1cccc([N+](=O)[O-])c1. The zero-order chi connectivity index (χ0) is 19.1. The number of nitro groups is 1. The third kappa shape index (κ3) is 4.81. The van der Waals surface area contributed by atoms with Crippen LogP contribution in [0.1, 0.15) is 0 Å². The van der Waals surface area contributed by atoms with Crippen LogP contribution in [0.15, 0.2) is 36.0 Å². The van der Waals surface area contributed by atoms with Crippen molar-refractivity contribution in [3.05, 3.63) is 46.2 Å². The molecule has 1 aliphatic heterocycles. The summed E-state index contributed by atoms with van der Waals surface area (Å²) >= 11 is 0.921. The van der Waals surface area contributed by atoms with Gasteiger partial charge in [-0.1, -0.05) is 17.8 Å². The van der Waals surface area contributed by atoms with E-state index >= 15 is 0 Å². The van der Waals surface area contributed by atoms with Crippen molar-refractivity contribution in [3.63, 3.8) is 0 Å². The van der Waals surface area contributed by atoms with Crippen LogP contribution in [-0.4, -0.2) is 45.7 Å². The largest absolute Gasteiger partial charge is 0.388 e. The lowest BCUT2D eigenvalue weighted by atomic mass is 10.2. The van der Waals surface area contributed by atoms with Gasteiger partial charge in [-0.3, -0.25) is 29.4 Å². The van der Waals surface area contributed by atoms with Gasteiger partial charge in [-0.15, -0.1) is 0 Å². The minimum atomic E-state index is -0.746. The normalized spacial score (nSPS) is 14.1. The van der Waals surface area contributed by atoms with E-state index in [0.29, 0.717) is 0 Å². The number of carbonyl (C=O) groups is 3. The van der Waals surface area contributed by atoms with Crippen LogP contribution in [0.4, 0.5) is 16.2 Å². The highest BCUT2D eigenvalue weighted by Crippen LogP contribution is 2.18. The van der Waals surface area contributed by atoms with Crippen molar-refractivity contribution in [2.75, 3.05) is 24.2 Å². The van der Waals surface area contributed by atoms with E-state index in [2.05, 4.69) is 10.6 Å². The molecule has 1 aliphatic rings. The first-order valence-electron chi connectivity index (χ1n) is 7.29. The van der Waals surface area contributed by atoms with E-state index in [9.17, 15) is 24.5 Å². The summed E-state index contributed by atoms with van der Waals surface area (Å²) in [5.41, 5.74) is -0.276. The first-order chi connectivity index (χ1) is 12.4. The summed E-state index contributed by atoms with van der Waals surface area (Å²) in [5.74, 6) is -0.914. The fourth-order valence-corrected chi connectivity index (χ4v) is 2.74. The molecule has 11 heteroatoms. The van der Waals surface area contributed by atoms with Crippen LogP contribution >= 0.6 is 11.8 Å². The van der Waals surface area contributed by atoms with Crippen molar-refractivity contribution in [3.8, 4) is 6.07 Å². The van der Waals surface area contributed by atoms with E-state index in [0.717, 1.165) is 22.9 Å². The summed E-state index contributed by atoms with van der Waals surface area (Å²) in [6.45, 7) is 0.291. The Bertz CT molecular complexity index is 816. The summed E-state index contributed by atoms with van der Waals surface area (Å²) in [6, 6.07) is 7.01. The zero-order valence-electron chi connectivity index (χ0n) is 13.3. The monoisotopic (exact) mass is 375 g/mol. The van der Waals surface area contributed by atoms with Crippen LogP contribution in [0.5, 0.6) is 0 Å². The van der Waals surface area contributed by atoms with Crippen molar-refractivity contribution >= 4 is 40.2 Å². The van der Waals surface area contributed by atoms with Crippen LogP contribution in [0.2, 0.25) is 0 Å². The van der Waals surface area contributed by atoms with Crippen LogP contribution in [0.3, 0.4) is 0 Å². The molecule has 0 atom stereocenters. The number of nitro benzene ring substituents is 1. The van der Waals surface area contributed by atoms with Gasteiger partial charge in [0.15, 0.2) is 0 Å². The van der Waals surface area contributed by atoms with Gasteiger partial charge in [0.2, 0.25) is 5.91 Å². The Labute approximate surface area is 152 Å². The highest BCUT2D eigenvalue weighted by molar-refractivity contribution is 8.14. The molecule has 0 aliphatic carbocycles. The van der Waals surface area contributed by atoms with Gasteiger partial charge in [0, 0.05) is 37.1 Å². The number of nitrogens with one attached hydrogen (secondary N) is 2. The Morgan fingerprint density at radius 3 is 2.85 bits per heavy atom. The van der Waals surface area contributed by atoms with Gasteiger partial charge in [-0.05, 0) is 6.07 Å². The zero-order valence-corrected chi connectivity index (χ0v) is 14.1. The van der Waals surface area contributed by atoms with E-state index in [1.165, 1.54) is 24.3 Å². The average Bonchev–Trinajstić information content (AvgIpc) is 2.93. The molecule has 3 amide bonds. The molecule has 0 radical (unpaired) electrons. The summed E-state index contributed by atoms with van der Waals surface area (Å²) in [4.78, 5) is 46.1. The summed E-state index contributed by atoms with van der Waals surface area (Å²) in [6.07, 6.45) is 1.16. The van der Waals surface area contributed by atoms with Gasteiger partial charge in [0.05, 0.1) is 10.7 Å². The number of benzene rings is 1. The second kappa shape index (κ2) is 8.63. The highest BCUT2D eigenvalue weighted by atomic mass is 32.2. The van der Waals surface area contributed by atoms with E-state index in [1.54, 1.807) is 6.07 Å². The number of carbonyl (C=O) groups excluding carboxylic acids is 3. The van der Waals surface area contributed by atoms with Crippen LogP contribution in [-0.2, 0) is 9.59 Å². The third-order valence-electron chi connectivity index (χ3n) is 3.25. The molecule has 2 N–H and O–H groups in total. The number of nitriles is 1. The molecular formula is C15H13N5O5S. The molecule has 0 saturated carbocycles. The van der Waals surface area contributed by atoms with Crippen molar-refractivity contribution in [1.82, 2.24) is 10.2 Å². The van der Waals surface area contributed by atoms with Gasteiger partial charge >= 0.3 is 0 Å². The van der Waals surface area contributed by atoms with Gasteiger partial charge in [-0.2, -0.15) is 5.26 Å². The number of hydrogen-bond acceptors (Lipinski definition) is 8. The number of nitrogens with zero attached hydrogens (tertiary/aromatic N) is 3. The minimum Gasteiger partial charge on any atom is -0.388 e. The van der Waals surface area contributed by atoms with Crippen molar-refractivity contribution < 1.29 is 19.3 Å². The molecule has 1 aromatic carbocycles. The topological polar surface area (TPSA) is 145 Å². The first-order valence-corrected chi connectivity index (χ1v) is 8.27. The Balaban J connectivity index is 1.91. The van der Waals surface area contributed by atoms with Crippen molar-refractivity contribution in [1.29, 1.82) is 5.26 Å². The fourth-order valence-electron chi connectivity index (χ4n) is 1.99. The van der Waals surface area contributed by atoms with Gasteiger partial charge in [0.25, 0.3) is 16.8 Å². The summed E-state index contributed by atoms with van der Waals surface area (Å²) in [7, 11) is 0. The van der Waals surface area contributed by atoms with Crippen molar-refractivity contribution in [2.45, 2.75) is 0 Å². The lowest BCUT2D eigenvalue weighted by molar-refractivity contribution is -0.384. The Kier molecular flexibility index (Phi) is 6.29. The van der Waals surface area contributed by atoms with E-state index < -0.39 is 10.8 Å². The Morgan fingerprint density at radius 2 is 2.23 bits per heavy atom. The second-order valence-electron chi connectivity index (χ2n) is 4.99. The molecule has 0 bridgehead atoms. The van der Waals surface area contributed by atoms with Crippen LogP contribution in [0.25, 0.3) is 0 Å². The molecule has 134 valence electrons. The molecule has 1 aromatic rings. The molecular weight excluding hydrogens is 362 g/mol. The van der Waals surface area contributed by atoms with Gasteiger partial charge < -0.3 is 10.6 Å². The Morgan fingerprint density at radius 1 is 1.46 bits per heavy atom. The van der Waals surface area contributed by atoms with Crippen LogP contribution < -0.4 is 10.6 Å². The number of imide groups is 1. The lowest BCUT2D eigenvalue weighted by Gasteiger charge is -2.12. The molecule has 2 rings (SSSR count). The molecule has 10 nitrogen and oxygen atoms in total. The molecule has 0 aromatic heterocycles. The van der Waals surface area contributed by atoms with E-state index in [1.807, 2.05) is 0 Å². The number of anilines is 1. The maximum atomic E-state index is 12.0.